The number of rotatable bonds is 5. The summed E-state index contributed by atoms with van der Waals surface area (Å²) < 4.78 is 4.44. The summed E-state index contributed by atoms with van der Waals surface area (Å²) in [6.45, 7) is -0.169. The number of nitrogens with zero attached hydrogens (tertiary/aromatic N) is 4. The maximum absolute atomic E-state index is 10.1. The van der Waals surface area contributed by atoms with Gasteiger partial charge >= 0.3 is 0 Å². The van der Waals surface area contributed by atoms with E-state index in [-0.39, 0.29) is 18.2 Å². The quantitative estimate of drug-likeness (QED) is 0.256. The summed E-state index contributed by atoms with van der Waals surface area (Å²) in [5.74, 6) is 0. The summed E-state index contributed by atoms with van der Waals surface area (Å²) in [5.41, 5.74) is 0.793. The van der Waals surface area contributed by atoms with Crippen LogP contribution in [0.4, 0.5) is 5.69 Å². The highest BCUT2D eigenvalue weighted by atomic mass is 16.6. The molecule has 0 heterocycles. The normalized spacial score (nSPS) is 10.4. The van der Waals surface area contributed by atoms with Gasteiger partial charge in [-0.2, -0.15) is 5.26 Å². The van der Waals surface area contributed by atoms with Gasteiger partial charge in [0.15, 0.2) is 0 Å². The lowest BCUT2D eigenvalue weighted by Gasteiger charge is -2.10. The summed E-state index contributed by atoms with van der Waals surface area (Å²) >= 11 is 0. The van der Waals surface area contributed by atoms with Gasteiger partial charge in [-0.1, -0.05) is 0 Å². The molecule has 0 aliphatic carbocycles. The van der Waals surface area contributed by atoms with Crippen LogP contribution in [0.2, 0.25) is 0 Å². The van der Waals surface area contributed by atoms with E-state index in [1.54, 1.807) is 0 Å². The van der Waals surface area contributed by atoms with Gasteiger partial charge in [0.25, 0.3) is 16.7 Å². The molecule has 0 unspecified atom stereocenters. The number of hydrogen-bond donors (Lipinski definition) is 2. The van der Waals surface area contributed by atoms with Crippen LogP contribution in [0.25, 0.3) is 0 Å². The molecule has 0 spiro atoms. The van der Waals surface area contributed by atoms with Crippen molar-refractivity contribution in [3.05, 3.63) is 29.8 Å². The van der Waals surface area contributed by atoms with Crippen LogP contribution in [0.1, 0.15) is 5.56 Å². The van der Waals surface area contributed by atoms with Crippen LogP contribution in [-0.4, -0.2) is 28.6 Å². The van der Waals surface area contributed by atoms with Crippen molar-refractivity contribution in [3.8, 4) is 6.07 Å². The van der Waals surface area contributed by atoms with E-state index in [9.17, 15) is 10.0 Å². The maximum Gasteiger partial charge on any atom is 0.295 e. The number of nitriles is 1. The van der Waals surface area contributed by atoms with E-state index in [1.165, 1.54) is 24.3 Å². The van der Waals surface area contributed by atoms with Crippen molar-refractivity contribution in [1.82, 2.24) is 0 Å². The van der Waals surface area contributed by atoms with Crippen LogP contribution in [0, 0.1) is 11.3 Å². The monoisotopic (exact) mass is 237 g/mol. The molecule has 88 valence electrons. The fraction of sp³-hybridized carbons (Fsp3) is 0.111. The van der Waals surface area contributed by atoms with E-state index in [2.05, 4.69) is 10.0 Å². The van der Waals surface area contributed by atoms with Gasteiger partial charge in [-0.05, 0) is 29.3 Å². The average molecular weight is 237 g/mol. The van der Waals surface area contributed by atoms with Crippen molar-refractivity contribution in [2.45, 2.75) is 0 Å². The molecule has 0 saturated carbocycles. The zero-order valence-electron chi connectivity index (χ0n) is 8.59. The Bertz CT molecular complexity index is 451. The second-order valence-electron chi connectivity index (χ2n) is 2.81. The first-order chi connectivity index (χ1) is 8.22. The molecule has 8 heteroatoms. The Morgan fingerprint density at radius 1 is 1.53 bits per heavy atom. The van der Waals surface area contributed by atoms with Gasteiger partial charge in [-0.25, -0.2) is 5.21 Å². The van der Waals surface area contributed by atoms with Crippen molar-refractivity contribution in [3.63, 3.8) is 0 Å². The van der Waals surface area contributed by atoms with Gasteiger partial charge in [0, 0.05) is 0 Å². The number of hydrogen-bond acceptors (Lipinski definition) is 4. The fourth-order valence-electron chi connectivity index (χ4n) is 1.09. The highest BCUT2D eigenvalue weighted by molar-refractivity contribution is 5.47. The zero-order valence-corrected chi connectivity index (χ0v) is 8.59. The molecule has 0 aromatic heterocycles. The van der Waals surface area contributed by atoms with Crippen molar-refractivity contribution in [2.24, 2.45) is 5.28 Å². The van der Waals surface area contributed by atoms with Gasteiger partial charge in [-0.15, -0.1) is 0 Å². The number of benzene rings is 1. The van der Waals surface area contributed by atoms with E-state index >= 15 is 0 Å². The second kappa shape index (κ2) is 5.92. The lowest BCUT2D eigenvalue weighted by molar-refractivity contribution is -0.846. The summed E-state index contributed by atoms with van der Waals surface area (Å²) in [6, 6.07) is 7.89. The minimum absolute atomic E-state index is 0.102. The average Bonchev–Trinajstić information content (AvgIpc) is 2.39. The van der Waals surface area contributed by atoms with Gasteiger partial charge in [0.2, 0.25) is 6.73 Å². The van der Waals surface area contributed by atoms with E-state index in [1.807, 2.05) is 6.07 Å². The molecule has 8 nitrogen and oxygen atoms in total. The Morgan fingerprint density at radius 2 is 2.18 bits per heavy atom. The number of hydrazine groups is 1. The second-order valence-corrected chi connectivity index (χ2v) is 2.81. The highest BCUT2D eigenvalue weighted by Gasteiger charge is 2.21. The Labute approximate surface area is 96.1 Å². The van der Waals surface area contributed by atoms with Gasteiger partial charge in [-0.3, -0.25) is 4.79 Å². The Hall–Kier alpha value is -2.82. The summed E-state index contributed by atoms with van der Waals surface area (Å²) in [5, 5.41) is 29.7. The van der Waals surface area contributed by atoms with Gasteiger partial charge in [0.05, 0.1) is 11.6 Å². The molecule has 17 heavy (non-hydrogen) atoms. The molecular formula is C9H9N4O4+. The molecule has 0 atom stereocenters. The molecule has 0 aliphatic rings. The van der Waals surface area contributed by atoms with Crippen molar-refractivity contribution in [1.29, 1.82) is 5.26 Å². The zero-order chi connectivity index (χ0) is 12.7. The van der Waals surface area contributed by atoms with E-state index < -0.39 is 0 Å². The van der Waals surface area contributed by atoms with Crippen LogP contribution >= 0.6 is 0 Å². The van der Waals surface area contributed by atoms with E-state index in [0.717, 1.165) is 5.01 Å². The van der Waals surface area contributed by atoms with Gasteiger partial charge in [0.1, 0.15) is 5.69 Å². The van der Waals surface area contributed by atoms with Crippen LogP contribution < -0.4 is 5.01 Å². The molecule has 1 aromatic rings. The summed E-state index contributed by atoms with van der Waals surface area (Å²) in [6.07, 6.45) is 0. The van der Waals surface area contributed by atoms with Crippen molar-refractivity contribution in [2.75, 3.05) is 11.7 Å². The molecular weight excluding hydrogens is 228 g/mol. The first kappa shape index (κ1) is 12.3. The topological polar surface area (TPSA) is 109 Å². The SMILES string of the molecule is N#Cc1ccc(N(COC=O)[N+](O)=NO)cc1. The predicted octanol–water partition coefficient (Wildman–Crippen LogP) is 0.653. The fourth-order valence-corrected chi connectivity index (χ4v) is 1.09. The predicted molar refractivity (Wildman–Crippen MR) is 51.9 cm³/mol. The molecule has 0 fully saturated rings. The summed E-state index contributed by atoms with van der Waals surface area (Å²) in [7, 11) is 0. The lowest BCUT2D eigenvalue weighted by atomic mass is 10.2. The Morgan fingerprint density at radius 3 is 2.65 bits per heavy atom. The minimum atomic E-state index is -0.351. The molecule has 0 aliphatic heterocycles. The molecule has 0 amide bonds. The van der Waals surface area contributed by atoms with Crippen molar-refractivity contribution >= 4 is 12.2 Å². The number of ether oxygens (including phenoxy) is 1. The molecule has 0 radical (unpaired) electrons. The third-order valence-corrected chi connectivity index (χ3v) is 1.86. The smallest absolute Gasteiger partial charge is 0.295 e. The Balaban J connectivity index is 2.96. The number of carbonyl (C=O) groups excluding carboxylic acids is 1. The van der Waals surface area contributed by atoms with Crippen molar-refractivity contribution < 1.29 is 24.9 Å². The summed E-state index contributed by atoms with van der Waals surface area (Å²) in [4.78, 5) is 10.2. The molecule has 1 aromatic carbocycles. The first-order valence-corrected chi connectivity index (χ1v) is 4.39. The van der Waals surface area contributed by atoms with Gasteiger partial charge < -0.3 is 9.94 Å². The van der Waals surface area contributed by atoms with Crippen LogP contribution in [0.15, 0.2) is 29.5 Å². The molecule has 1 rings (SSSR count). The largest absolute Gasteiger partial charge is 0.440 e. The number of carbonyl (C=O) groups is 1. The lowest BCUT2D eigenvalue weighted by Crippen LogP contribution is -2.34. The molecule has 0 bridgehead atoms. The molecule has 0 saturated heterocycles. The number of anilines is 1. The minimum Gasteiger partial charge on any atom is -0.440 e. The third kappa shape index (κ3) is 3.07. The van der Waals surface area contributed by atoms with E-state index in [0.29, 0.717) is 11.3 Å². The standard InChI is InChI=1S/C9H8N4O4/c10-5-8-1-3-9(4-2-8)12(6-17-7-14)13(16)11-15/h1-4,7,16H,6H2/p+1. The maximum atomic E-state index is 10.1. The molecule has 2 N–H and O–H groups in total. The van der Waals surface area contributed by atoms with E-state index in [4.69, 9.17) is 10.5 Å². The van der Waals surface area contributed by atoms with Crippen LogP contribution in [-0.2, 0) is 9.53 Å². The van der Waals surface area contributed by atoms with Crippen LogP contribution in [0.5, 0.6) is 0 Å². The highest BCUT2D eigenvalue weighted by Crippen LogP contribution is 2.14. The Kier molecular flexibility index (Phi) is 4.26. The van der Waals surface area contributed by atoms with Crippen LogP contribution in [0.3, 0.4) is 0 Å². The first-order valence-electron chi connectivity index (χ1n) is 4.39. The third-order valence-electron chi connectivity index (χ3n) is 1.86.